The Labute approximate surface area is 157 Å². The van der Waals surface area contributed by atoms with E-state index in [1.807, 2.05) is 13.0 Å². The van der Waals surface area contributed by atoms with Gasteiger partial charge >= 0.3 is 5.63 Å². The Balaban J connectivity index is 1.41. The zero-order valence-electron chi connectivity index (χ0n) is 14.1. The highest BCUT2D eigenvalue weighted by molar-refractivity contribution is 8.01. The van der Waals surface area contributed by atoms with E-state index in [-0.39, 0.29) is 0 Å². The van der Waals surface area contributed by atoms with Gasteiger partial charge in [0.1, 0.15) is 21.9 Å². The molecule has 0 amide bonds. The molecule has 4 aromatic rings. The number of aryl methyl sites for hydroxylation is 1. The Morgan fingerprint density at radius 1 is 1.15 bits per heavy atom. The number of furan rings is 1. The molecule has 0 aliphatic heterocycles. The van der Waals surface area contributed by atoms with E-state index in [0.29, 0.717) is 23.5 Å². The number of hydrogen-bond donors (Lipinski definition) is 0. The maximum atomic E-state index is 11.5. The van der Waals surface area contributed by atoms with Crippen LogP contribution in [0, 0.1) is 6.92 Å². The molecule has 0 atom stereocenters. The molecular formula is C18H16N2O4S2. The molecule has 0 N–H and O–H groups in total. The molecule has 134 valence electrons. The highest BCUT2D eigenvalue weighted by atomic mass is 32.2. The van der Waals surface area contributed by atoms with E-state index in [4.69, 9.17) is 13.6 Å². The lowest BCUT2D eigenvalue weighted by Crippen LogP contribution is -2.01. The fourth-order valence-electron chi connectivity index (χ4n) is 2.64. The summed E-state index contributed by atoms with van der Waals surface area (Å²) in [5.41, 5.74) is 0.722. The molecule has 0 saturated heterocycles. The van der Waals surface area contributed by atoms with Crippen LogP contribution >= 0.6 is 23.1 Å². The normalized spacial score (nSPS) is 11.4. The molecule has 1 aromatic carbocycles. The van der Waals surface area contributed by atoms with E-state index in [2.05, 4.69) is 10.2 Å². The minimum absolute atomic E-state index is 0.390. The molecule has 0 aliphatic carbocycles. The topological polar surface area (TPSA) is 78.4 Å². The molecule has 0 spiro atoms. The first-order valence-electron chi connectivity index (χ1n) is 8.20. The first kappa shape index (κ1) is 17.1. The zero-order chi connectivity index (χ0) is 17.9. The lowest BCUT2D eigenvalue weighted by molar-refractivity contribution is 0.316. The number of ether oxygens (including phenoxy) is 1. The second-order valence-electron chi connectivity index (χ2n) is 5.70. The average Bonchev–Trinajstić information content (AvgIpc) is 3.25. The van der Waals surface area contributed by atoms with Crippen LogP contribution in [0.1, 0.15) is 17.8 Å². The van der Waals surface area contributed by atoms with Crippen molar-refractivity contribution in [3.63, 3.8) is 0 Å². The van der Waals surface area contributed by atoms with E-state index in [9.17, 15) is 4.79 Å². The highest BCUT2D eigenvalue weighted by Gasteiger charge is 2.13. The van der Waals surface area contributed by atoms with E-state index in [1.165, 1.54) is 6.07 Å². The van der Waals surface area contributed by atoms with Gasteiger partial charge in [-0.2, -0.15) is 0 Å². The number of unbranched alkanes of at least 4 members (excludes halogenated alkanes) is 1. The summed E-state index contributed by atoms with van der Waals surface area (Å²) in [6.45, 7) is 2.53. The number of thioether (sulfide) groups is 1. The molecule has 0 bridgehead atoms. The molecule has 3 heterocycles. The number of fused-ring (bicyclic) bond motifs is 2. The zero-order valence-corrected chi connectivity index (χ0v) is 15.7. The van der Waals surface area contributed by atoms with Gasteiger partial charge in [0.25, 0.3) is 0 Å². The van der Waals surface area contributed by atoms with E-state index in [1.54, 1.807) is 41.5 Å². The predicted octanol–water partition coefficient (Wildman–Crippen LogP) is 4.65. The van der Waals surface area contributed by atoms with Crippen molar-refractivity contribution in [1.29, 1.82) is 0 Å². The van der Waals surface area contributed by atoms with Gasteiger partial charge < -0.3 is 13.6 Å². The van der Waals surface area contributed by atoms with E-state index in [0.717, 1.165) is 38.7 Å². The third-order valence-corrected chi connectivity index (χ3v) is 5.89. The monoisotopic (exact) mass is 388 g/mol. The Bertz CT molecular complexity index is 1100. The Morgan fingerprint density at radius 3 is 2.88 bits per heavy atom. The van der Waals surface area contributed by atoms with Gasteiger partial charge in [0.2, 0.25) is 0 Å². The van der Waals surface area contributed by atoms with Crippen LogP contribution in [0.3, 0.4) is 0 Å². The number of hydrogen-bond acceptors (Lipinski definition) is 8. The van der Waals surface area contributed by atoms with Gasteiger partial charge in [-0.05, 0) is 31.9 Å². The molecule has 4 rings (SSSR count). The van der Waals surface area contributed by atoms with Gasteiger partial charge in [0.05, 0.1) is 23.6 Å². The van der Waals surface area contributed by atoms with Crippen LogP contribution in [0.4, 0.5) is 0 Å². The largest absolute Gasteiger partial charge is 0.492 e. The van der Waals surface area contributed by atoms with Gasteiger partial charge in [-0.1, -0.05) is 23.1 Å². The van der Waals surface area contributed by atoms with Gasteiger partial charge in [-0.25, -0.2) is 4.79 Å². The first-order valence-corrected chi connectivity index (χ1v) is 10.0. The standard InChI is InChI=1S/C18H16N2O4S2/c1-11-19-20-18(26-11)25-9-3-2-7-23-17-12-4-5-16(21)24-15(12)10-14-13(17)6-8-22-14/h4-6,8,10H,2-3,7,9H2,1H3. The molecule has 0 unspecified atom stereocenters. The van der Waals surface area contributed by atoms with Gasteiger partial charge in [0.15, 0.2) is 4.34 Å². The van der Waals surface area contributed by atoms with Crippen molar-refractivity contribution in [1.82, 2.24) is 10.2 Å². The highest BCUT2D eigenvalue weighted by Crippen LogP contribution is 2.35. The lowest BCUT2D eigenvalue weighted by atomic mass is 10.1. The summed E-state index contributed by atoms with van der Waals surface area (Å²) in [6.07, 6.45) is 3.53. The Kier molecular flexibility index (Phi) is 4.94. The molecular weight excluding hydrogens is 372 g/mol. The summed E-state index contributed by atoms with van der Waals surface area (Å²) in [6, 6.07) is 6.72. The van der Waals surface area contributed by atoms with Crippen LogP contribution in [0.15, 0.2) is 48.5 Å². The van der Waals surface area contributed by atoms with Crippen LogP contribution in [0.5, 0.6) is 5.75 Å². The van der Waals surface area contributed by atoms with Crippen molar-refractivity contribution in [2.24, 2.45) is 0 Å². The third kappa shape index (κ3) is 3.61. The van der Waals surface area contributed by atoms with Gasteiger partial charge in [0, 0.05) is 17.9 Å². The van der Waals surface area contributed by atoms with Crippen molar-refractivity contribution >= 4 is 45.0 Å². The summed E-state index contributed by atoms with van der Waals surface area (Å²) in [4.78, 5) is 11.5. The van der Waals surface area contributed by atoms with Crippen LogP contribution in [0.2, 0.25) is 0 Å². The molecule has 0 fully saturated rings. The van der Waals surface area contributed by atoms with Crippen LogP contribution in [-0.2, 0) is 0 Å². The van der Waals surface area contributed by atoms with Crippen LogP contribution < -0.4 is 10.4 Å². The second-order valence-corrected chi connectivity index (χ2v) is 8.22. The fourth-order valence-corrected chi connectivity index (χ4v) is 4.53. The van der Waals surface area contributed by atoms with Crippen molar-refractivity contribution in [2.45, 2.75) is 24.1 Å². The first-order chi connectivity index (χ1) is 12.7. The van der Waals surface area contributed by atoms with Crippen molar-refractivity contribution in [3.8, 4) is 5.75 Å². The smallest absolute Gasteiger partial charge is 0.336 e. The number of nitrogens with zero attached hydrogens (tertiary/aromatic N) is 2. The molecule has 0 saturated carbocycles. The lowest BCUT2D eigenvalue weighted by Gasteiger charge is -2.09. The Hall–Kier alpha value is -2.32. The maximum Gasteiger partial charge on any atom is 0.336 e. The Morgan fingerprint density at radius 2 is 2.04 bits per heavy atom. The van der Waals surface area contributed by atoms with Crippen LogP contribution in [-0.4, -0.2) is 22.6 Å². The fraction of sp³-hybridized carbons (Fsp3) is 0.278. The third-order valence-electron chi connectivity index (χ3n) is 3.83. The molecule has 6 nitrogen and oxygen atoms in total. The second kappa shape index (κ2) is 7.51. The quantitative estimate of drug-likeness (QED) is 0.259. The summed E-state index contributed by atoms with van der Waals surface area (Å²) < 4.78 is 17.7. The summed E-state index contributed by atoms with van der Waals surface area (Å²) >= 11 is 3.34. The van der Waals surface area contributed by atoms with Crippen LogP contribution in [0.25, 0.3) is 21.9 Å². The summed E-state index contributed by atoms with van der Waals surface area (Å²) in [7, 11) is 0. The SMILES string of the molecule is Cc1nnc(SCCCCOc2c3ccoc3cc3oc(=O)ccc23)s1. The van der Waals surface area contributed by atoms with E-state index < -0.39 is 5.63 Å². The number of aromatic nitrogens is 2. The summed E-state index contributed by atoms with van der Waals surface area (Å²) in [5.74, 6) is 1.67. The minimum Gasteiger partial charge on any atom is -0.492 e. The number of rotatable bonds is 7. The summed E-state index contributed by atoms with van der Waals surface area (Å²) in [5, 5.41) is 10.8. The number of benzene rings is 1. The van der Waals surface area contributed by atoms with Gasteiger partial charge in [-0.15, -0.1) is 10.2 Å². The molecule has 26 heavy (non-hydrogen) atoms. The van der Waals surface area contributed by atoms with Crippen molar-refractivity contribution in [2.75, 3.05) is 12.4 Å². The van der Waals surface area contributed by atoms with Gasteiger partial charge in [-0.3, -0.25) is 0 Å². The molecule has 3 aromatic heterocycles. The average molecular weight is 388 g/mol. The molecule has 0 radical (unpaired) electrons. The van der Waals surface area contributed by atoms with E-state index >= 15 is 0 Å². The minimum atomic E-state index is -0.390. The molecule has 8 heteroatoms. The predicted molar refractivity (Wildman–Crippen MR) is 102 cm³/mol. The maximum absolute atomic E-state index is 11.5. The molecule has 0 aliphatic rings. The van der Waals surface area contributed by atoms with Crippen molar-refractivity contribution in [3.05, 3.63) is 46.0 Å². The van der Waals surface area contributed by atoms with Crippen molar-refractivity contribution < 1.29 is 13.6 Å².